The smallest absolute Gasteiger partial charge is 0.335 e. The number of nitrogens with zero attached hydrogens (tertiary/aromatic N) is 1. The Morgan fingerprint density at radius 1 is 1.05 bits per heavy atom. The molecule has 2 rings (SSSR count). The van der Waals surface area contributed by atoms with Gasteiger partial charge in [0.25, 0.3) is 0 Å². The summed E-state index contributed by atoms with van der Waals surface area (Å²) in [6.07, 6.45) is 0. The molecule has 0 bridgehead atoms. The number of sulfonamides is 1. The molecule has 0 spiro atoms. The molecular formula is C15H15NO4S. The van der Waals surface area contributed by atoms with Gasteiger partial charge in [-0.25, -0.2) is 17.5 Å². The molecule has 2 aromatic carbocycles. The van der Waals surface area contributed by atoms with Crippen molar-refractivity contribution in [1.29, 1.82) is 0 Å². The van der Waals surface area contributed by atoms with Gasteiger partial charge in [-0.15, -0.1) is 0 Å². The van der Waals surface area contributed by atoms with Gasteiger partial charge in [0.15, 0.2) is 0 Å². The highest BCUT2D eigenvalue weighted by Gasteiger charge is 2.23. The zero-order valence-electron chi connectivity index (χ0n) is 11.4. The van der Waals surface area contributed by atoms with Gasteiger partial charge in [-0.1, -0.05) is 24.3 Å². The molecule has 6 heteroatoms. The Labute approximate surface area is 123 Å². The molecule has 0 amide bonds. The maximum atomic E-state index is 12.4. The number of carbonyl (C=O) groups is 1. The predicted molar refractivity (Wildman–Crippen MR) is 81.4 cm³/mol. The first-order valence-corrected chi connectivity index (χ1v) is 7.98. The van der Waals surface area contributed by atoms with Crippen LogP contribution in [0.1, 0.15) is 17.3 Å². The van der Waals surface area contributed by atoms with Gasteiger partial charge >= 0.3 is 5.97 Å². The fourth-order valence-corrected chi connectivity index (χ4v) is 3.06. The Hall–Kier alpha value is -2.34. The van der Waals surface area contributed by atoms with E-state index in [0.717, 1.165) is 0 Å². The normalized spacial score (nSPS) is 11.1. The van der Waals surface area contributed by atoms with Gasteiger partial charge in [-0.2, -0.15) is 0 Å². The average molecular weight is 305 g/mol. The highest BCUT2D eigenvalue weighted by molar-refractivity contribution is 7.93. The third-order valence-corrected chi connectivity index (χ3v) is 4.67. The topological polar surface area (TPSA) is 74.7 Å². The molecular weight excluding hydrogens is 290 g/mol. The lowest BCUT2D eigenvalue weighted by atomic mass is 10.2. The Bertz CT molecular complexity index is 741. The van der Waals surface area contributed by atoms with Crippen LogP contribution >= 0.6 is 0 Å². The van der Waals surface area contributed by atoms with E-state index in [1.54, 1.807) is 43.3 Å². The van der Waals surface area contributed by atoms with Gasteiger partial charge in [-0.3, -0.25) is 0 Å². The Balaban J connectivity index is 2.61. The monoisotopic (exact) mass is 305 g/mol. The van der Waals surface area contributed by atoms with Crippen LogP contribution in [-0.4, -0.2) is 25.2 Å². The molecule has 1 N–H and O–H groups in total. The summed E-state index contributed by atoms with van der Waals surface area (Å²) in [5.41, 5.74) is 0.824. The summed E-state index contributed by atoms with van der Waals surface area (Å²) in [6.45, 7) is 1.55. The second kappa shape index (κ2) is 5.97. The summed E-state index contributed by atoms with van der Waals surface area (Å²) in [4.78, 5) is 11.1. The number of anilines is 2. The van der Waals surface area contributed by atoms with Crippen molar-refractivity contribution in [2.75, 3.05) is 10.1 Å². The van der Waals surface area contributed by atoms with E-state index in [-0.39, 0.29) is 11.3 Å². The Kier molecular flexibility index (Phi) is 4.28. The molecule has 0 aliphatic rings. The minimum absolute atomic E-state index is 0.0414. The third-order valence-electron chi connectivity index (χ3n) is 2.96. The number of hydrogen-bond donors (Lipinski definition) is 1. The molecule has 21 heavy (non-hydrogen) atoms. The highest BCUT2D eigenvalue weighted by atomic mass is 32.2. The number of carboxylic acids is 1. The summed E-state index contributed by atoms with van der Waals surface area (Å²) in [5.74, 6) is -1.18. The maximum Gasteiger partial charge on any atom is 0.335 e. The molecule has 0 heterocycles. The molecule has 0 saturated carbocycles. The Morgan fingerprint density at radius 2 is 1.67 bits per heavy atom. The first-order valence-electron chi connectivity index (χ1n) is 6.37. The van der Waals surface area contributed by atoms with Crippen molar-refractivity contribution in [2.45, 2.75) is 6.92 Å². The van der Waals surface area contributed by atoms with Crippen LogP contribution in [0.25, 0.3) is 0 Å². The number of hydrogen-bond acceptors (Lipinski definition) is 3. The molecule has 0 radical (unpaired) electrons. The molecule has 0 saturated heterocycles. The molecule has 0 atom stereocenters. The summed E-state index contributed by atoms with van der Waals surface area (Å²) in [6, 6.07) is 14.5. The molecule has 0 unspecified atom stereocenters. The van der Waals surface area contributed by atoms with Crippen LogP contribution in [0.4, 0.5) is 11.4 Å². The lowest BCUT2D eigenvalue weighted by molar-refractivity contribution is 0.0697. The fraction of sp³-hybridized carbons (Fsp3) is 0.133. The van der Waals surface area contributed by atoms with E-state index < -0.39 is 16.0 Å². The van der Waals surface area contributed by atoms with Crippen molar-refractivity contribution in [3.63, 3.8) is 0 Å². The van der Waals surface area contributed by atoms with Crippen LogP contribution in [0.2, 0.25) is 0 Å². The molecule has 0 aliphatic heterocycles. The maximum absolute atomic E-state index is 12.4. The van der Waals surface area contributed by atoms with E-state index in [0.29, 0.717) is 11.4 Å². The van der Waals surface area contributed by atoms with Crippen LogP contribution in [0.5, 0.6) is 0 Å². The van der Waals surface area contributed by atoms with E-state index in [9.17, 15) is 13.2 Å². The summed E-state index contributed by atoms with van der Waals surface area (Å²) < 4.78 is 25.9. The van der Waals surface area contributed by atoms with Crippen LogP contribution in [-0.2, 0) is 10.0 Å². The van der Waals surface area contributed by atoms with Crippen molar-refractivity contribution in [3.8, 4) is 0 Å². The third kappa shape index (κ3) is 3.22. The molecule has 110 valence electrons. The summed E-state index contributed by atoms with van der Waals surface area (Å²) >= 11 is 0. The zero-order valence-corrected chi connectivity index (χ0v) is 12.2. The minimum Gasteiger partial charge on any atom is -0.478 e. The average Bonchev–Trinajstić information content (AvgIpc) is 2.48. The molecule has 0 fully saturated rings. The van der Waals surface area contributed by atoms with Crippen LogP contribution in [0.15, 0.2) is 54.6 Å². The quantitative estimate of drug-likeness (QED) is 0.921. The van der Waals surface area contributed by atoms with E-state index in [4.69, 9.17) is 5.11 Å². The first-order chi connectivity index (χ1) is 9.95. The molecule has 5 nitrogen and oxygen atoms in total. The molecule has 0 aromatic heterocycles. The van der Waals surface area contributed by atoms with Gasteiger partial charge in [0, 0.05) is 0 Å². The van der Waals surface area contributed by atoms with Gasteiger partial charge in [0.2, 0.25) is 10.0 Å². The van der Waals surface area contributed by atoms with Crippen molar-refractivity contribution < 1.29 is 18.3 Å². The zero-order chi connectivity index (χ0) is 15.5. The SMILES string of the molecule is CCS(=O)(=O)N(c1ccccc1)c1cccc(C(=O)O)c1. The number of aromatic carboxylic acids is 1. The van der Waals surface area contributed by atoms with E-state index in [1.807, 2.05) is 0 Å². The van der Waals surface area contributed by atoms with Crippen molar-refractivity contribution in [2.24, 2.45) is 0 Å². The van der Waals surface area contributed by atoms with Gasteiger partial charge in [0.1, 0.15) is 0 Å². The number of para-hydroxylation sites is 1. The predicted octanol–water partition coefficient (Wildman–Crippen LogP) is 2.87. The van der Waals surface area contributed by atoms with Crippen molar-refractivity contribution in [1.82, 2.24) is 0 Å². The van der Waals surface area contributed by atoms with Crippen molar-refractivity contribution >= 4 is 27.4 Å². The number of carboxylic acid groups (broad SMARTS) is 1. The highest BCUT2D eigenvalue weighted by Crippen LogP contribution is 2.29. The molecule has 0 aliphatic carbocycles. The molecule has 2 aromatic rings. The second-order valence-electron chi connectivity index (χ2n) is 4.36. The first kappa shape index (κ1) is 15.1. The lowest BCUT2D eigenvalue weighted by Crippen LogP contribution is -2.27. The van der Waals surface area contributed by atoms with E-state index in [2.05, 4.69) is 0 Å². The second-order valence-corrected chi connectivity index (χ2v) is 6.46. The van der Waals surface area contributed by atoms with E-state index >= 15 is 0 Å². The van der Waals surface area contributed by atoms with Crippen LogP contribution in [0.3, 0.4) is 0 Å². The summed E-state index contributed by atoms with van der Waals surface area (Å²) in [7, 11) is -3.57. The fourth-order valence-electron chi connectivity index (χ4n) is 1.93. The van der Waals surface area contributed by atoms with Crippen molar-refractivity contribution in [3.05, 3.63) is 60.2 Å². The largest absolute Gasteiger partial charge is 0.478 e. The minimum atomic E-state index is -3.57. The van der Waals surface area contributed by atoms with Gasteiger partial charge in [-0.05, 0) is 37.3 Å². The van der Waals surface area contributed by atoms with Gasteiger partial charge < -0.3 is 5.11 Å². The summed E-state index contributed by atoms with van der Waals surface area (Å²) in [5, 5.41) is 9.05. The van der Waals surface area contributed by atoms with E-state index in [1.165, 1.54) is 22.5 Å². The van der Waals surface area contributed by atoms with Crippen LogP contribution < -0.4 is 4.31 Å². The lowest BCUT2D eigenvalue weighted by Gasteiger charge is -2.24. The van der Waals surface area contributed by atoms with Crippen LogP contribution in [0, 0.1) is 0 Å². The number of rotatable bonds is 5. The number of benzene rings is 2. The van der Waals surface area contributed by atoms with Gasteiger partial charge in [0.05, 0.1) is 22.7 Å². The standard InChI is InChI=1S/C15H15NO4S/c1-2-21(19,20)16(13-8-4-3-5-9-13)14-10-6-7-12(11-14)15(17)18/h3-11H,2H2,1H3,(H,17,18). The Morgan fingerprint density at radius 3 is 2.24 bits per heavy atom.